The van der Waals surface area contributed by atoms with Crippen LogP contribution in [0.4, 0.5) is 13.2 Å². The third-order valence-electron chi connectivity index (χ3n) is 0.243. The Balaban J connectivity index is -0.0000000600. The van der Waals surface area contributed by atoms with E-state index in [0.717, 1.165) is 0 Å². The molecule has 10 heavy (non-hydrogen) atoms. The van der Waals surface area contributed by atoms with E-state index < -0.39 is 12.1 Å². The van der Waals surface area contributed by atoms with Crippen LogP contribution in [0.3, 0.4) is 0 Å². The summed E-state index contributed by atoms with van der Waals surface area (Å²) in [5.74, 6) is -2.76. The molecular weight excluding hydrogens is 188 g/mol. The third-order valence-corrected chi connectivity index (χ3v) is 0.243. The van der Waals surface area contributed by atoms with Gasteiger partial charge in [0.1, 0.15) is 0 Å². The molecule has 0 amide bonds. The fourth-order valence-corrected chi connectivity index (χ4v) is 0. The number of carboxylic acids is 1. The van der Waals surface area contributed by atoms with Crippen molar-refractivity contribution in [2.45, 2.75) is 6.18 Å². The van der Waals surface area contributed by atoms with Crippen LogP contribution in [0.25, 0.3) is 0 Å². The van der Waals surface area contributed by atoms with Gasteiger partial charge < -0.3 is 20.0 Å². The van der Waals surface area contributed by atoms with Crippen molar-refractivity contribution in [3.63, 3.8) is 0 Å². The molecule has 0 aromatic carbocycles. The van der Waals surface area contributed by atoms with E-state index >= 15 is 0 Å². The molecule has 2 nitrogen and oxygen atoms in total. The molecule has 61 valence electrons. The maximum Gasteiger partial charge on any atom is 2.00 e. The van der Waals surface area contributed by atoms with Gasteiger partial charge in [0.2, 0.25) is 0 Å². The van der Waals surface area contributed by atoms with Gasteiger partial charge in [-0.3, -0.25) is 0 Å². The van der Waals surface area contributed by atoms with Gasteiger partial charge in [-0.05, 0) is 0 Å². The monoisotopic (exact) mass is 195 g/mol. The SMILES string of the molecule is O=C(O)C(F)(F)F.[CH3-].[CH3-].[V+2]. The summed E-state index contributed by atoms with van der Waals surface area (Å²) in [6.07, 6.45) is -5.08. The predicted molar refractivity (Wildman–Crippen MR) is 26.5 cm³/mol. The standard InChI is InChI=1S/C2HF3O2.2CH3.V/c3-2(4,5)1(6)7;;;/h(H,6,7);2*1H3;/q;2*-1;+2. The molecule has 0 aliphatic heterocycles. The Labute approximate surface area is 69.3 Å². The molecule has 0 aromatic rings. The summed E-state index contributed by atoms with van der Waals surface area (Å²) in [5, 5.41) is 7.12. The normalized spacial score (nSPS) is 7.90. The first-order valence-electron chi connectivity index (χ1n) is 1.24. The Kier molecular flexibility index (Phi) is 15.7. The maximum absolute atomic E-state index is 10.6. The van der Waals surface area contributed by atoms with Crippen LogP contribution in [0.1, 0.15) is 0 Å². The number of carbonyl (C=O) groups is 1. The number of rotatable bonds is 0. The van der Waals surface area contributed by atoms with Crippen molar-refractivity contribution in [2.24, 2.45) is 0 Å². The number of carboxylic acid groups (broad SMARTS) is 1. The van der Waals surface area contributed by atoms with E-state index in [2.05, 4.69) is 0 Å². The summed E-state index contributed by atoms with van der Waals surface area (Å²) in [6.45, 7) is 0. The minimum Gasteiger partial charge on any atom is -0.475 e. The molecule has 0 aromatic heterocycles. The average molecular weight is 195 g/mol. The molecule has 0 atom stereocenters. The summed E-state index contributed by atoms with van der Waals surface area (Å²) in [6, 6.07) is 0. The van der Waals surface area contributed by atoms with E-state index in [-0.39, 0.29) is 33.4 Å². The van der Waals surface area contributed by atoms with Gasteiger partial charge in [-0.15, -0.1) is 0 Å². The first-order chi connectivity index (χ1) is 2.94. The molecule has 0 rings (SSSR count). The van der Waals surface area contributed by atoms with E-state index in [0.29, 0.717) is 0 Å². The molecule has 1 radical (unpaired) electrons. The van der Waals surface area contributed by atoms with Crippen LogP contribution < -0.4 is 0 Å². The Hall–Kier alpha value is -0.156. The molecule has 6 heteroatoms. The van der Waals surface area contributed by atoms with Crippen LogP contribution in [-0.2, 0) is 23.4 Å². The van der Waals surface area contributed by atoms with Gasteiger partial charge in [0.05, 0.1) is 0 Å². The van der Waals surface area contributed by atoms with E-state index in [9.17, 15) is 13.2 Å². The van der Waals surface area contributed by atoms with Crippen LogP contribution in [0.5, 0.6) is 0 Å². The first kappa shape index (κ1) is 22.5. The van der Waals surface area contributed by atoms with Crippen LogP contribution >= 0.6 is 0 Å². The largest absolute Gasteiger partial charge is 2.00 e. The molecule has 0 saturated carbocycles. The van der Waals surface area contributed by atoms with Crippen molar-refractivity contribution in [3.05, 3.63) is 14.9 Å². The molecule has 0 saturated heterocycles. The quantitative estimate of drug-likeness (QED) is 0.595. The molecule has 0 fully saturated rings. The van der Waals surface area contributed by atoms with Crippen LogP contribution in [0.15, 0.2) is 0 Å². The van der Waals surface area contributed by atoms with Gasteiger partial charge in [-0.2, -0.15) is 13.2 Å². The third kappa shape index (κ3) is 10.8. The van der Waals surface area contributed by atoms with E-state index in [4.69, 9.17) is 9.90 Å². The van der Waals surface area contributed by atoms with Gasteiger partial charge in [0.15, 0.2) is 0 Å². The fraction of sp³-hybridized carbons (Fsp3) is 0.250. The Bertz CT molecular complexity index is 91.0. The number of hydrogen-bond donors (Lipinski definition) is 1. The second-order valence-electron chi connectivity index (χ2n) is 0.803. The summed E-state index contributed by atoms with van der Waals surface area (Å²) in [5.41, 5.74) is 0. The van der Waals surface area contributed by atoms with Gasteiger partial charge in [0, 0.05) is 0 Å². The number of hydrogen-bond acceptors (Lipinski definition) is 1. The van der Waals surface area contributed by atoms with Gasteiger partial charge >= 0.3 is 30.7 Å². The zero-order chi connectivity index (χ0) is 6.08. The smallest absolute Gasteiger partial charge is 0.475 e. The number of alkyl halides is 3. The molecular formula is C4H7F3O2V. The summed E-state index contributed by atoms with van der Waals surface area (Å²) in [7, 11) is 0. The fourth-order valence-electron chi connectivity index (χ4n) is 0. The second kappa shape index (κ2) is 6.96. The van der Waals surface area contributed by atoms with Crippen LogP contribution in [0.2, 0.25) is 0 Å². The molecule has 0 aliphatic rings. The van der Waals surface area contributed by atoms with E-state index in [1.54, 1.807) is 0 Å². The Morgan fingerprint density at radius 3 is 1.30 bits per heavy atom. The zero-order valence-electron chi connectivity index (χ0n) is 5.44. The number of aliphatic carboxylic acids is 1. The van der Waals surface area contributed by atoms with E-state index in [1.807, 2.05) is 0 Å². The average Bonchev–Trinajstić information content (AvgIpc) is 1.31. The van der Waals surface area contributed by atoms with Crippen molar-refractivity contribution in [1.82, 2.24) is 0 Å². The predicted octanol–water partition coefficient (Wildman–Crippen LogP) is 1.53. The summed E-state index contributed by atoms with van der Waals surface area (Å²) >= 11 is 0. The van der Waals surface area contributed by atoms with Gasteiger partial charge in [-0.25, -0.2) is 4.79 Å². The molecule has 0 bridgehead atoms. The first-order valence-corrected chi connectivity index (χ1v) is 1.24. The van der Waals surface area contributed by atoms with Crippen molar-refractivity contribution in [2.75, 3.05) is 0 Å². The molecule has 0 unspecified atom stereocenters. The minimum atomic E-state index is -5.08. The van der Waals surface area contributed by atoms with Crippen molar-refractivity contribution in [3.8, 4) is 0 Å². The van der Waals surface area contributed by atoms with Crippen LogP contribution in [-0.4, -0.2) is 17.3 Å². The van der Waals surface area contributed by atoms with Crippen molar-refractivity contribution >= 4 is 5.97 Å². The molecule has 0 heterocycles. The topological polar surface area (TPSA) is 37.3 Å². The maximum atomic E-state index is 10.6. The minimum absolute atomic E-state index is 0. The number of halogens is 3. The zero-order valence-corrected chi connectivity index (χ0v) is 6.83. The van der Waals surface area contributed by atoms with Gasteiger partial charge in [-0.1, -0.05) is 0 Å². The van der Waals surface area contributed by atoms with Gasteiger partial charge in [0.25, 0.3) is 0 Å². The second-order valence-corrected chi connectivity index (χ2v) is 0.803. The van der Waals surface area contributed by atoms with E-state index in [1.165, 1.54) is 0 Å². The van der Waals surface area contributed by atoms with Crippen LogP contribution in [0, 0.1) is 14.9 Å². The molecule has 0 spiro atoms. The van der Waals surface area contributed by atoms with Crippen molar-refractivity contribution in [1.29, 1.82) is 0 Å². The molecule has 0 aliphatic carbocycles. The van der Waals surface area contributed by atoms with Crippen molar-refractivity contribution < 1.29 is 41.6 Å². The molecule has 1 N–H and O–H groups in total. The summed E-state index contributed by atoms with van der Waals surface area (Å²) < 4.78 is 31.7. The Morgan fingerprint density at radius 1 is 1.20 bits per heavy atom. The summed E-state index contributed by atoms with van der Waals surface area (Å²) in [4.78, 5) is 8.90. The Morgan fingerprint density at radius 2 is 1.30 bits per heavy atom.